The molecule has 0 aliphatic rings. The van der Waals surface area contributed by atoms with E-state index in [-0.39, 0.29) is 11.9 Å². The van der Waals surface area contributed by atoms with E-state index < -0.39 is 0 Å². The Morgan fingerprint density at radius 3 is 2.52 bits per heavy atom. The van der Waals surface area contributed by atoms with E-state index in [2.05, 4.69) is 22.0 Å². The molecule has 23 heavy (non-hydrogen) atoms. The van der Waals surface area contributed by atoms with Gasteiger partial charge >= 0.3 is 0 Å². The number of nitrogens with zero attached hydrogens (tertiary/aromatic N) is 3. The molecular weight excluding hydrogens is 326 g/mol. The van der Waals surface area contributed by atoms with Gasteiger partial charge in [-0.05, 0) is 26.6 Å². The van der Waals surface area contributed by atoms with E-state index in [0.29, 0.717) is 5.75 Å². The number of thiazole rings is 1. The number of thioether (sulfide) groups is 1. The summed E-state index contributed by atoms with van der Waals surface area (Å²) in [6.45, 7) is 2.77. The standard InChI is InChI=1S/C17H23N3OS2/c1-13-11-22-17(18-13)23-12-16(21)20(4)15(10-19(2)3)14-8-6-5-7-9-14/h5-9,11,15H,10,12H2,1-4H3. The molecule has 0 N–H and O–H groups in total. The zero-order valence-electron chi connectivity index (χ0n) is 14.0. The molecule has 0 saturated heterocycles. The van der Waals surface area contributed by atoms with Crippen LogP contribution in [0.2, 0.25) is 0 Å². The molecule has 1 atom stereocenters. The maximum absolute atomic E-state index is 12.6. The van der Waals surface area contributed by atoms with Crippen molar-refractivity contribution < 1.29 is 4.79 Å². The first-order valence-electron chi connectivity index (χ1n) is 7.47. The first-order valence-corrected chi connectivity index (χ1v) is 9.34. The Labute approximate surface area is 146 Å². The number of likely N-dealkylation sites (N-methyl/N-ethyl adjacent to an activating group) is 2. The molecule has 6 heteroatoms. The molecule has 0 spiro atoms. The highest BCUT2D eigenvalue weighted by molar-refractivity contribution is 8.01. The summed E-state index contributed by atoms with van der Waals surface area (Å²) in [7, 11) is 5.94. The van der Waals surface area contributed by atoms with Gasteiger partial charge in [-0.25, -0.2) is 4.98 Å². The van der Waals surface area contributed by atoms with Gasteiger partial charge in [-0.3, -0.25) is 4.79 Å². The number of benzene rings is 1. The average molecular weight is 350 g/mol. The summed E-state index contributed by atoms with van der Waals surface area (Å²) in [4.78, 5) is 20.9. The number of amides is 1. The third kappa shape index (κ3) is 5.34. The summed E-state index contributed by atoms with van der Waals surface area (Å²) in [6.07, 6.45) is 0. The first kappa shape index (κ1) is 18.0. The lowest BCUT2D eigenvalue weighted by molar-refractivity contribution is -0.129. The van der Waals surface area contributed by atoms with Gasteiger partial charge in [0.2, 0.25) is 5.91 Å². The Morgan fingerprint density at radius 2 is 1.96 bits per heavy atom. The van der Waals surface area contributed by atoms with Gasteiger partial charge in [0.15, 0.2) is 4.34 Å². The fraction of sp³-hybridized carbons (Fsp3) is 0.412. The zero-order chi connectivity index (χ0) is 16.8. The minimum Gasteiger partial charge on any atom is -0.337 e. The van der Waals surface area contributed by atoms with Crippen molar-refractivity contribution in [1.82, 2.24) is 14.8 Å². The highest BCUT2D eigenvalue weighted by atomic mass is 32.2. The molecule has 0 bridgehead atoms. The van der Waals surface area contributed by atoms with Crippen LogP contribution in [0, 0.1) is 6.92 Å². The molecule has 1 heterocycles. The Kier molecular flexibility index (Phi) is 6.62. The predicted octanol–water partition coefficient (Wildman–Crippen LogP) is 3.30. The van der Waals surface area contributed by atoms with Crippen molar-refractivity contribution in [2.45, 2.75) is 17.3 Å². The summed E-state index contributed by atoms with van der Waals surface area (Å²) in [5.41, 5.74) is 2.17. The molecule has 0 aliphatic carbocycles. The van der Waals surface area contributed by atoms with Crippen molar-refractivity contribution in [2.75, 3.05) is 33.4 Å². The summed E-state index contributed by atoms with van der Waals surface area (Å²) in [6, 6.07) is 10.2. The number of hydrogen-bond donors (Lipinski definition) is 0. The van der Waals surface area contributed by atoms with Crippen LogP contribution < -0.4 is 0 Å². The second-order valence-electron chi connectivity index (χ2n) is 5.74. The molecule has 124 valence electrons. The van der Waals surface area contributed by atoms with Gasteiger partial charge in [0, 0.05) is 24.7 Å². The summed E-state index contributed by atoms with van der Waals surface area (Å²) < 4.78 is 0.952. The SMILES string of the molecule is Cc1csc(SCC(=O)N(C)C(CN(C)C)c2ccccc2)n1. The van der Waals surface area contributed by atoms with Crippen molar-refractivity contribution in [3.8, 4) is 0 Å². The molecule has 0 saturated carbocycles. The van der Waals surface area contributed by atoms with E-state index in [4.69, 9.17) is 0 Å². The number of carbonyl (C=O) groups excluding carboxylic acids is 1. The van der Waals surface area contributed by atoms with Crippen LogP contribution in [0.3, 0.4) is 0 Å². The van der Waals surface area contributed by atoms with Crippen molar-refractivity contribution in [3.63, 3.8) is 0 Å². The summed E-state index contributed by atoms with van der Waals surface area (Å²) >= 11 is 3.10. The van der Waals surface area contributed by atoms with Crippen molar-refractivity contribution >= 4 is 29.0 Å². The second kappa shape index (κ2) is 8.47. The van der Waals surface area contributed by atoms with Gasteiger partial charge in [-0.1, -0.05) is 42.1 Å². The Balaban J connectivity index is 2.03. The van der Waals surface area contributed by atoms with Crippen LogP contribution in [0.1, 0.15) is 17.3 Å². The molecule has 2 rings (SSSR count). The van der Waals surface area contributed by atoms with Gasteiger partial charge in [0.25, 0.3) is 0 Å². The van der Waals surface area contributed by atoms with Crippen LogP contribution in [0.25, 0.3) is 0 Å². The number of carbonyl (C=O) groups is 1. The van der Waals surface area contributed by atoms with Gasteiger partial charge in [0.05, 0.1) is 11.8 Å². The number of aryl methyl sites for hydroxylation is 1. The van der Waals surface area contributed by atoms with Gasteiger partial charge < -0.3 is 9.80 Å². The summed E-state index contributed by atoms with van der Waals surface area (Å²) in [5.74, 6) is 0.541. The first-order chi connectivity index (χ1) is 11.0. The monoisotopic (exact) mass is 349 g/mol. The Morgan fingerprint density at radius 1 is 1.26 bits per heavy atom. The molecule has 0 radical (unpaired) electrons. The lowest BCUT2D eigenvalue weighted by Crippen LogP contribution is -2.38. The minimum atomic E-state index is 0.0531. The fourth-order valence-electron chi connectivity index (χ4n) is 2.27. The van der Waals surface area contributed by atoms with Gasteiger partial charge in [-0.15, -0.1) is 11.3 Å². The topological polar surface area (TPSA) is 36.4 Å². The van der Waals surface area contributed by atoms with Crippen LogP contribution in [0.4, 0.5) is 0 Å². The molecule has 1 aromatic carbocycles. The van der Waals surface area contributed by atoms with Crippen LogP contribution in [-0.4, -0.2) is 54.1 Å². The van der Waals surface area contributed by atoms with E-state index in [1.807, 2.05) is 56.5 Å². The maximum Gasteiger partial charge on any atom is 0.233 e. The van der Waals surface area contributed by atoms with E-state index in [1.54, 1.807) is 11.3 Å². The fourth-order valence-corrected chi connectivity index (χ4v) is 4.04. The molecular formula is C17H23N3OS2. The van der Waals surface area contributed by atoms with Crippen LogP contribution in [-0.2, 0) is 4.79 Å². The third-order valence-corrected chi connectivity index (χ3v) is 5.62. The molecule has 1 unspecified atom stereocenters. The predicted molar refractivity (Wildman–Crippen MR) is 98.1 cm³/mol. The number of rotatable bonds is 7. The normalized spacial score (nSPS) is 12.4. The second-order valence-corrected chi connectivity index (χ2v) is 7.82. The van der Waals surface area contributed by atoms with Crippen LogP contribution >= 0.6 is 23.1 Å². The van der Waals surface area contributed by atoms with Gasteiger partial charge in [-0.2, -0.15) is 0 Å². The summed E-state index contributed by atoms with van der Waals surface area (Å²) in [5, 5.41) is 2.01. The largest absolute Gasteiger partial charge is 0.337 e. The smallest absolute Gasteiger partial charge is 0.233 e. The molecule has 0 aliphatic heterocycles. The Bertz CT molecular complexity index is 628. The van der Waals surface area contributed by atoms with Crippen LogP contribution in [0.5, 0.6) is 0 Å². The van der Waals surface area contributed by atoms with E-state index in [9.17, 15) is 4.79 Å². The van der Waals surface area contributed by atoms with Crippen molar-refractivity contribution in [1.29, 1.82) is 0 Å². The number of hydrogen-bond acceptors (Lipinski definition) is 5. The molecule has 1 aromatic heterocycles. The van der Waals surface area contributed by atoms with Crippen LogP contribution in [0.15, 0.2) is 40.1 Å². The minimum absolute atomic E-state index is 0.0531. The van der Waals surface area contributed by atoms with Gasteiger partial charge in [0.1, 0.15) is 0 Å². The highest BCUT2D eigenvalue weighted by Crippen LogP contribution is 2.25. The molecule has 1 amide bonds. The third-order valence-electron chi connectivity index (χ3n) is 3.50. The van der Waals surface area contributed by atoms with E-state index in [1.165, 1.54) is 11.8 Å². The average Bonchev–Trinajstić information content (AvgIpc) is 2.96. The van der Waals surface area contributed by atoms with Crippen molar-refractivity contribution in [3.05, 3.63) is 47.0 Å². The maximum atomic E-state index is 12.6. The molecule has 4 nitrogen and oxygen atoms in total. The molecule has 2 aromatic rings. The lowest BCUT2D eigenvalue weighted by atomic mass is 10.1. The highest BCUT2D eigenvalue weighted by Gasteiger charge is 2.22. The number of aromatic nitrogens is 1. The van der Waals surface area contributed by atoms with E-state index >= 15 is 0 Å². The zero-order valence-corrected chi connectivity index (χ0v) is 15.7. The Hall–Kier alpha value is -1.37. The quantitative estimate of drug-likeness (QED) is 0.719. The molecule has 0 fully saturated rings. The van der Waals surface area contributed by atoms with E-state index in [0.717, 1.165) is 22.1 Å². The van der Waals surface area contributed by atoms with Crippen molar-refractivity contribution in [2.24, 2.45) is 0 Å². The lowest BCUT2D eigenvalue weighted by Gasteiger charge is -2.31.